The molecule has 0 saturated heterocycles. The summed E-state index contributed by atoms with van der Waals surface area (Å²) in [6.45, 7) is 0. The average Bonchev–Trinajstić information content (AvgIpc) is 3.34. The van der Waals surface area contributed by atoms with Crippen LogP contribution in [0.4, 0.5) is 0 Å². The van der Waals surface area contributed by atoms with Crippen molar-refractivity contribution in [2.24, 2.45) is 0 Å². The van der Waals surface area contributed by atoms with Crippen LogP contribution in [0.15, 0.2) is 48.5 Å². The maximum absolute atomic E-state index is 11.2. The summed E-state index contributed by atoms with van der Waals surface area (Å²) in [5, 5.41) is 30.7. The standard InChI is InChI=1S/C27H26O5/c28-15-23-11-17(5-7-25(23)30)9-21-13-20(19-3-1-2-4-19)14-22(27(21)32)10-18-6-8-26(31)24(12-18)16-29/h5-8,11-16,19,30-32H,1-4,9-10H2. The van der Waals surface area contributed by atoms with Crippen molar-refractivity contribution in [3.8, 4) is 17.2 Å². The minimum Gasteiger partial charge on any atom is -0.507 e. The van der Waals surface area contributed by atoms with E-state index in [-0.39, 0.29) is 28.4 Å². The molecular weight excluding hydrogens is 404 g/mol. The highest BCUT2D eigenvalue weighted by Crippen LogP contribution is 2.39. The summed E-state index contributed by atoms with van der Waals surface area (Å²) in [6, 6.07) is 13.9. The van der Waals surface area contributed by atoms with E-state index in [0.29, 0.717) is 31.3 Å². The number of benzene rings is 3. The van der Waals surface area contributed by atoms with Gasteiger partial charge in [-0.25, -0.2) is 0 Å². The summed E-state index contributed by atoms with van der Waals surface area (Å²) >= 11 is 0. The van der Waals surface area contributed by atoms with Crippen LogP contribution in [0.5, 0.6) is 17.2 Å². The van der Waals surface area contributed by atoms with Crippen LogP contribution >= 0.6 is 0 Å². The van der Waals surface area contributed by atoms with Crippen molar-refractivity contribution in [1.29, 1.82) is 0 Å². The van der Waals surface area contributed by atoms with Crippen molar-refractivity contribution in [3.63, 3.8) is 0 Å². The number of hydrogen-bond acceptors (Lipinski definition) is 5. The lowest BCUT2D eigenvalue weighted by molar-refractivity contribution is 0.111. The molecule has 0 bridgehead atoms. The number of aromatic hydroxyl groups is 3. The van der Waals surface area contributed by atoms with E-state index in [1.807, 2.05) is 0 Å². The Hall–Kier alpha value is -3.60. The lowest BCUT2D eigenvalue weighted by Gasteiger charge is -2.17. The van der Waals surface area contributed by atoms with E-state index >= 15 is 0 Å². The third kappa shape index (κ3) is 4.52. The van der Waals surface area contributed by atoms with Crippen LogP contribution in [0.3, 0.4) is 0 Å². The minimum absolute atomic E-state index is 0.0633. The summed E-state index contributed by atoms with van der Waals surface area (Å²) < 4.78 is 0. The molecule has 0 amide bonds. The van der Waals surface area contributed by atoms with E-state index in [1.165, 1.54) is 30.5 Å². The molecule has 0 radical (unpaired) electrons. The molecule has 1 aliphatic rings. The third-order valence-corrected chi connectivity index (χ3v) is 6.34. The highest BCUT2D eigenvalue weighted by Gasteiger charge is 2.21. The van der Waals surface area contributed by atoms with Gasteiger partial charge in [0, 0.05) is 12.8 Å². The molecule has 32 heavy (non-hydrogen) atoms. The van der Waals surface area contributed by atoms with Crippen LogP contribution in [0.25, 0.3) is 0 Å². The Bertz CT molecular complexity index is 1080. The number of aldehydes is 2. The highest BCUT2D eigenvalue weighted by molar-refractivity contribution is 5.80. The lowest BCUT2D eigenvalue weighted by Crippen LogP contribution is -2.01. The molecule has 0 heterocycles. The van der Waals surface area contributed by atoms with Crippen molar-refractivity contribution in [2.45, 2.75) is 44.4 Å². The van der Waals surface area contributed by atoms with Gasteiger partial charge in [-0.05, 0) is 70.8 Å². The van der Waals surface area contributed by atoms with E-state index < -0.39 is 0 Å². The molecule has 4 rings (SSSR count). The first-order valence-corrected chi connectivity index (χ1v) is 10.9. The second kappa shape index (κ2) is 9.27. The van der Waals surface area contributed by atoms with Crippen molar-refractivity contribution in [3.05, 3.63) is 87.5 Å². The zero-order valence-electron chi connectivity index (χ0n) is 17.8. The predicted molar refractivity (Wildman–Crippen MR) is 122 cm³/mol. The normalized spacial score (nSPS) is 13.9. The molecular formula is C27H26O5. The van der Waals surface area contributed by atoms with Gasteiger partial charge >= 0.3 is 0 Å². The van der Waals surface area contributed by atoms with E-state index in [0.717, 1.165) is 35.1 Å². The maximum Gasteiger partial charge on any atom is 0.153 e. The summed E-state index contributed by atoms with van der Waals surface area (Å²) in [5.74, 6) is 0.510. The fourth-order valence-corrected chi connectivity index (χ4v) is 4.61. The molecule has 1 aliphatic carbocycles. The van der Waals surface area contributed by atoms with Gasteiger partial charge in [-0.2, -0.15) is 0 Å². The van der Waals surface area contributed by atoms with Gasteiger partial charge in [0.25, 0.3) is 0 Å². The summed E-state index contributed by atoms with van der Waals surface area (Å²) in [6.07, 6.45) is 6.71. The smallest absolute Gasteiger partial charge is 0.153 e. The van der Waals surface area contributed by atoms with Crippen LogP contribution in [-0.4, -0.2) is 27.9 Å². The minimum atomic E-state index is -0.0633. The molecule has 3 N–H and O–H groups in total. The molecule has 3 aromatic rings. The number of rotatable bonds is 7. The molecule has 0 aromatic heterocycles. The number of phenolic OH excluding ortho intramolecular Hbond substituents is 3. The summed E-state index contributed by atoms with van der Waals surface area (Å²) in [4.78, 5) is 22.4. The number of phenols is 3. The van der Waals surface area contributed by atoms with Crippen LogP contribution in [0.2, 0.25) is 0 Å². The Morgan fingerprint density at radius 1 is 0.719 bits per heavy atom. The summed E-state index contributed by atoms with van der Waals surface area (Å²) in [7, 11) is 0. The molecule has 5 nitrogen and oxygen atoms in total. The topological polar surface area (TPSA) is 94.8 Å². The van der Waals surface area contributed by atoms with Gasteiger partial charge in [-0.15, -0.1) is 0 Å². The van der Waals surface area contributed by atoms with Gasteiger partial charge in [0.15, 0.2) is 12.6 Å². The fourth-order valence-electron chi connectivity index (χ4n) is 4.61. The van der Waals surface area contributed by atoms with Crippen molar-refractivity contribution >= 4 is 12.6 Å². The predicted octanol–water partition coefficient (Wildman–Crippen LogP) is 5.27. The highest BCUT2D eigenvalue weighted by atomic mass is 16.3. The molecule has 1 saturated carbocycles. The molecule has 0 atom stereocenters. The number of carbonyl (C=O) groups is 2. The Kier molecular flexibility index (Phi) is 6.26. The first-order chi connectivity index (χ1) is 15.5. The zero-order chi connectivity index (χ0) is 22.7. The Morgan fingerprint density at radius 3 is 1.62 bits per heavy atom. The van der Waals surface area contributed by atoms with E-state index in [9.17, 15) is 24.9 Å². The average molecular weight is 431 g/mol. The van der Waals surface area contributed by atoms with Crippen LogP contribution < -0.4 is 0 Å². The molecule has 0 spiro atoms. The Labute approximate surface area is 187 Å². The third-order valence-electron chi connectivity index (χ3n) is 6.34. The van der Waals surface area contributed by atoms with Gasteiger partial charge in [0.05, 0.1) is 11.1 Å². The zero-order valence-corrected chi connectivity index (χ0v) is 17.8. The van der Waals surface area contributed by atoms with Crippen LogP contribution in [0.1, 0.15) is 80.1 Å². The SMILES string of the molecule is O=Cc1cc(Cc2cc(C3CCCC3)cc(Cc3ccc(O)c(C=O)c3)c2O)ccc1O. The number of carbonyl (C=O) groups excluding carboxylic acids is 2. The molecule has 0 unspecified atom stereocenters. The van der Waals surface area contributed by atoms with Crippen molar-refractivity contribution in [1.82, 2.24) is 0 Å². The van der Waals surface area contributed by atoms with Gasteiger partial charge in [0.2, 0.25) is 0 Å². The number of hydrogen-bond donors (Lipinski definition) is 3. The van der Waals surface area contributed by atoms with Crippen LogP contribution in [-0.2, 0) is 12.8 Å². The Morgan fingerprint density at radius 2 is 1.19 bits per heavy atom. The largest absolute Gasteiger partial charge is 0.507 e. The maximum atomic E-state index is 11.2. The quantitative estimate of drug-likeness (QED) is 0.444. The van der Waals surface area contributed by atoms with E-state index in [2.05, 4.69) is 12.1 Å². The second-order valence-corrected chi connectivity index (χ2v) is 8.54. The Balaban J connectivity index is 1.73. The molecule has 0 aliphatic heterocycles. The molecule has 5 heteroatoms. The fraction of sp³-hybridized carbons (Fsp3) is 0.259. The molecule has 164 valence electrons. The molecule has 3 aromatic carbocycles. The molecule has 1 fully saturated rings. The van der Waals surface area contributed by atoms with Gasteiger partial charge in [-0.1, -0.05) is 37.1 Å². The van der Waals surface area contributed by atoms with E-state index in [4.69, 9.17) is 0 Å². The summed E-state index contributed by atoms with van der Waals surface area (Å²) in [5.41, 5.74) is 4.81. The monoisotopic (exact) mass is 430 g/mol. The van der Waals surface area contributed by atoms with Crippen LogP contribution in [0, 0.1) is 0 Å². The van der Waals surface area contributed by atoms with Gasteiger partial charge in [0.1, 0.15) is 17.2 Å². The van der Waals surface area contributed by atoms with E-state index in [1.54, 1.807) is 24.3 Å². The van der Waals surface area contributed by atoms with Crippen molar-refractivity contribution < 1.29 is 24.9 Å². The van der Waals surface area contributed by atoms with Gasteiger partial charge in [-0.3, -0.25) is 9.59 Å². The lowest BCUT2D eigenvalue weighted by atomic mass is 9.89. The first kappa shape index (κ1) is 21.6. The second-order valence-electron chi connectivity index (χ2n) is 8.54. The van der Waals surface area contributed by atoms with Gasteiger partial charge < -0.3 is 15.3 Å². The van der Waals surface area contributed by atoms with Crippen molar-refractivity contribution in [2.75, 3.05) is 0 Å². The first-order valence-electron chi connectivity index (χ1n) is 10.9.